The lowest BCUT2D eigenvalue weighted by Gasteiger charge is -2.31. The maximum absolute atomic E-state index is 12.1. The minimum atomic E-state index is -2.12. The quantitative estimate of drug-likeness (QED) is 0.627. The van der Waals surface area contributed by atoms with E-state index in [1.54, 1.807) is 18.2 Å². The van der Waals surface area contributed by atoms with Crippen LogP contribution in [0.5, 0.6) is 0 Å². The zero-order valence-corrected chi connectivity index (χ0v) is 13.0. The Morgan fingerprint density at radius 1 is 1.37 bits per heavy atom. The zero-order valence-electron chi connectivity index (χ0n) is 12.0. The van der Waals surface area contributed by atoms with Gasteiger partial charge < -0.3 is 9.16 Å². The Labute approximate surface area is 115 Å². The van der Waals surface area contributed by atoms with Gasteiger partial charge in [-0.05, 0) is 26.6 Å². The lowest BCUT2D eigenvalue weighted by molar-refractivity contribution is -0.155. The molecule has 19 heavy (non-hydrogen) atoms. The summed E-state index contributed by atoms with van der Waals surface area (Å²) in [5.41, 5.74) is -0.199. The van der Waals surface area contributed by atoms with Crippen molar-refractivity contribution in [2.45, 2.75) is 32.2 Å². The highest BCUT2D eigenvalue weighted by atomic mass is 28.4. The molecule has 0 radical (unpaired) electrons. The summed E-state index contributed by atoms with van der Waals surface area (Å²) in [5, 5.41) is 9.53. The lowest BCUT2D eigenvalue weighted by atomic mass is 9.94. The summed E-state index contributed by atoms with van der Waals surface area (Å²) in [4.78, 5) is 12.1. The van der Waals surface area contributed by atoms with Crippen molar-refractivity contribution in [2.75, 3.05) is 7.11 Å². The molecule has 0 fully saturated rings. The first kappa shape index (κ1) is 15.4. The van der Waals surface area contributed by atoms with Gasteiger partial charge >= 0.3 is 5.97 Å². The van der Waals surface area contributed by atoms with E-state index in [-0.39, 0.29) is 0 Å². The standard InChI is InChI=1S/C14H19NO3Si/c1-11-7-6-8-12(9-11)14(10-15,13(16)17-2)18-19(3,4)5/h6-9H,1-5H3/t14-/m0/s1. The molecular formula is C14H19NO3Si. The summed E-state index contributed by atoms with van der Waals surface area (Å²) >= 11 is 0. The van der Waals surface area contributed by atoms with Gasteiger partial charge in [0.1, 0.15) is 6.07 Å². The zero-order chi connectivity index (χ0) is 14.7. The molecule has 0 heterocycles. The Morgan fingerprint density at radius 2 is 2.00 bits per heavy atom. The molecule has 1 aromatic rings. The predicted molar refractivity (Wildman–Crippen MR) is 74.9 cm³/mol. The smallest absolute Gasteiger partial charge is 0.357 e. The first-order chi connectivity index (χ1) is 8.75. The van der Waals surface area contributed by atoms with Crippen LogP contribution in [0, 0.1) is 18.3 Å². The number of nitriles is 1. The van der Waals surface area contributed by atoms with Crippen molar-refractivity contribution in [3.05, 3.63) is 35.4 Å². The fourth-order valence-electron chi connectivity index (χ4n) is 1.82. The van der Waals surface area contributed by atoms with E-state index in [1.165, 1.54) is 7.11 Å². The molecule has 1 atom stereocenters. The minimum Gasteiger partial charge on any atom is -0.466 e. The summed E-state index contributed by atoms with van der Waals surface area (Å²) in [7, 11) is -0.854. The molecule has 0 N–H and O–H groups in total. The molecule has 1 rings (SSSR count). The first-order valence-electron chi connectivity index (χ1n) is 6.02. The van der Waals surface area contributed by atoms with E-state index in [0.29, 0.717) is 5.56 Å². The summed E-state index contributed by atoms with van der Waals surface area (Å²) in [6.07, 6.45) is 0. The number of esters is 1. The van der Waals surface area contributed by atoms with Crippen molar-refractivity contribution < 1.29 is 14.0 Å². The second kappa shape index (κ2) is 5.55. The van der Waals surface area contributed by atoms with Gasteiger partial charge in [0, 0.05) is 5.56 Å². The lowest BCUT2D eigenvalue weighted by Crippen LogP contribution is -2.46. The Balaban J connectivity index is 3.42. The third-order valence-corrected chi connectivity index (χ3v) is 3.43. The van der Waals surface area contributed by atoms with Crippen LogP contribution in [0.25, 0.3) is 0 Å². The van der Waals surface area contributed by atoms with E-state index in [4.69, 9.17) is 9.16 Å². The number of benzene rings is 1. The van der Waals surface area contributed by atoms with Crippen molar-refractivity contribution >= 4 is 14.3 Å². The van der Waals surface area contributed by atoms with E-state index in [2.05, 4.69) is 0 Å². The fraction of sp³-hybridized carbons (Fsp3) is 0.429. The molecular weight excluding hydrogens is 258 g/mol. The van der Waals surface area contributed by atoms with Crippen molar-refractivity contribution in [3.63, 3.8) is 0 Å². The van der Waals surface area contributed by atoms with Gasteiger partial charge in [-0.25, -0.2) is 4.79 Å². The number of rotatable bonds is 4. The molecule has 0 aromatic heterocycles. The SMILES string of the molecule is COC(=O)[C@@](C#N)(O[Si](C)(C)C)c1cccc(C)c1. The molecule has 102 valence electrons. The molecule has 0 unspecified atom stereocenters. The van der Waals surface area contributed by atoms with Crippen molar-refractivity contribution in [1.82, 2.24) is 0 Å². The molecule has 4 nitrogen and oxygen atoms in total. The maximum Gasteiger partial charge on any atom is 0.357 e. The van der Waals surface area contributed by atoms with Crippen molar-refractivity contribution in [1.29, 1.82) is 5.26 Å². The van der Waals surface area contributed by atoms with E-state index in [1.807, 2.05) is 38.7 Å². The van der Waals surface area contributed by atoms with Crippen LogP contribution in [-0.2, 0) is 19.6 Å². The summed E-state index contributed by atoms with van der Waals surface area (Å²) in [6, 6.07) is 9.20. The number of methoxy groups -OCH3 is 1. The van der Waals surface area contributed by atoms with Crippen LogP contribution < -0.4 is 0 Å². The van der Waals surface area contributed by atoms with Gasteiger partial charge in [0.15, 0.2) is 8.32 Å². The largest absolute Gasteiger partial charge is 0.466 e. The summed E-state index contributed by atoms with van der Waals surface area (Å²) in [6.45, 7) is 7.69. The number of carbonyl (C=O) groups excluding carboxylic acids is 1. The van der Waals surface area contributed by atoms with Crippen LogP contribution in [0.4, 0.5) is 0 Å². The average molecular weight is 277 g/mol. The van der Waals surface area contributed by atoms with Gasteiger partial charge in [0.25, 0.3) is 5.60 Å². The minimum absolute atomic E-state index is 0.518. The molecule has 0 bridgehead atoms. The predicted octanol–water partition coefficient (Wildman–Crippen LogP) is 2.74. The molecule has 5 heteroatoms. The number of carbonyl (C=O) groups is 1. The van der Waals surface area contributed by atoms with Gasteiger partial charge in [-0.2, -0.15) is 5.26 Å². The van der Waals surface area contributed by atoms with Crippen molar-refractivity contribution in [3.8, 4) is 6.07 Å². The highest BCUT2D eigenvalue weighted by Crippen LogP contribution is 2.31. The summed E-state index contributed by atoms with van der Waals surface area (Å²) in [5.74, 6) is -0.678. The topological polar surface area (TPSA) is 59.3 Å². The molecule has 0 aliphatic heterocycles. The number of nitrogens with zero attached hydrogens (tertiary/aromatic N) is 1. The Bertz CT molecular complexity index is 516. The maximum atomic E-state index is 12.1. The van der Waals surface area contributed by atoms with Crippen LogP contribution in [-0.4, -0.2) is 21.4 Å². The normalized spacial score (nSPS) is 14.3. The van der Waals surface area contributed by atoms with Crippen LogP contribution >= 0.6 is 0 Å². The monoisotopic (exact) mass is 277 g/mol. The van der Waals surface area contributed by atoms with E-state index in [0.717, 1.165) is 5.56 Å². The summed E-state index contributed by atoms with van der Waals surface area (Å²) < 4.78 is 10.7. The van der Waals surface area contributed by atoms with Crippen LogP contribution in [0.2, 0.25) is 19.6 Å². The van der Waals surface area contributed by atoms with Crippen molar-refractivity contribution in [2.24, 2.45) is 0 Å². The van der Waals surface area contributed by atoms with Gasteiger partial charge in [-0.15, -0.1) is 0 Å². The molecule has 0 saturated heterocycles. The highest BCUT2D eigenvalue weighted by molar-refractivity contribution is 6.70. The van der Waals surface area contributed by atoms with Gasteiger partial charge in [0.2, 0.25) is 0 Å². The highest BCUT2D eigenvalue weighted by Gasteiger charge is 2.46. The molecule has 0 aliphatic rings. The Morgan fingerprint density at radius 3 is 2.42 bits per heavy atom. The van der Waals surface area contributed by atoms with E-state index >= 15 is 0 Å². The molecule has 0 aliphatic carbocycles. The van der Waals surface area contributed by atoms with Crippen LogP contribution in [0.15, 0.2) is 24.3 Å². The van der Waals surface area contributed by atoms with Crippen LogP contribution in [0.3, 0.4) is 0 Å². The fourth-order valence-corrected chi connectivity index (χ4v) is 2.98. The number of ether oxygens (including phenoxy) is 1. The van der Waals surface area contributed by atoms with E-state index in [9.17, 15) is 10.1 Å². The number of hydrogen-bond acceptors (Lipinski definition) is 4. The Kier molecular flexibility index (Phi) is 4.50. The number of aryl methyl sites for hydroxylation is 1. The molecule has 0 spiro atoms. The third kappa shape index (κ3) is 3.43. The van der Waals surface area contributed by atoms with E-state index < -0.39 is 19.9 Å². The second-order valence-corrected chi connectivity index (χ2v) is 9.80. The number of hydrogen-bond donors (Lipinski definition) is 0. The second-order valence-electron chi connectivity index (χ2n) is 5.37. The molecule has 1 aromatic carbocycles. The average Bonchev–Trinajstić information content (AvgIpc) is 2.34. The van der Waals surface area contributed by atoms with Gasteiger partial charge in [-0.1, -0.05) is 29.8 Å². The van der Waals surface area contributed by atoms with Gasteiger partial charge in [0.05, 0.1) is 7.11 Å². The molecule has 0 amide bonds. The van der Waals surface area contributed by atoms with Crippen LogP contribution in [0.1, 0.15) is 11.1 Å². The third-order valence-electron chi connectivity index (χ3n) is 2.51. The van der Waals surface area contributed by atoms with Gasteiger partial charge in [-0.3, -0.25) is 0 Å². The Hall–Kier alpha value is -1.64. The molecule has 0 saturated carbocycles. The first-order valence-corrected chi connectivity index (χ1v) is 9.43.